The Morgan fingerprint density at radius 2 is 2.10 bits per heavy atom. The molecule has 0 fully saturated rings. The summed E-state index contributed by atoms with van der Waals surface area (Å²) in [7, 11) is 0. The van der Waals surface area contributed by atoms with E-state index in [1.165, 1.54) is 6.07 Å². The molecule has 0 aliphatic heterocycles. The van der Waals surface area contributed by atoms with Crippen LogP contribution in [0.15, 0.2) is 47.1 Å². The Morgan fingerprint density at radius 3 is 2.80 bits per heavy atom. The first kappa shape index (κ1) is 14.3. The van der Waals surface area contributed by atoms with Crippen LogP contribution in [0.5, 0.6) is 0 Å². The minimum atomic E-state index is -0.275. The fourth-order valence-electron chi connectivity index (χ4n) is 1.84. The van der Waals surface area contributed by atoms with Crippen molar-refractivity contribution >= 4 is 5.91 Å². The molecule has 20 heavy (non-hydrogen) atoms. The number of amides is 1. The Hall–Kier alpha value is -2.14. The maximum Gasteiger partial charge on any atom is 0.234 e. The molecule has 106 valence electrons. The fourth-order valence-corrected chi connectivity index (χ4v) is 1.84. The summed E-state index contributed by atoms with van der Waals surface area (Å²) in [6, 6.07) is 9.84. The first-order chi connectivity index (χ1) is 9.66. The molecule has 2 aromatic rings. The fraction of sp³-hybridized carbons (Fsp3) is 0.267. The summed E-state index contributed by atoms with van der Waals surface area (Å²) in [6.07, 6.45) is 1.56. The number of benzene rings is 1. The second-order valence-electron chi connectivity index (χ2n) is 4.48. The molecule has 1 atom stereocenters. The molecule has 0 spiro atoms. The average molecular weight is 276 g/mol. The van der Waals surface area contributed by atoms with Crippen molar-refractivity contribution in [3.8, 4) is 0 Å². The Bertz CT molecular complexity index is 555. The van der Waals surface area contributed by atoms with Gasteiger partial charge in [-0.2, -0.15) is 0 Å². The Kier molecular flexibility index (Phi) is 4.90. The summed E-state index contributed by atoms with van der Waals surface area (Å²) in [4.78, 5) is 11.6. The van der Waals surface area contributed by atoms with E-state index in [1.807, 2.05) is 6.92 Å². The minimum Gasteiger partial charge on any atom is -0.467 e. The highest BCUT2D eigenvalue weighted by Gasteiger charge is 2.11. The SMILES string of the molecule is CC(NCC(=O)NCc1ccco1)c1ccccc1F. The molecule has 2 N–H and O–H groups in total. The molecule has 0 saturated carbocycles. The normalized spacial score (nSPS) is 12.1. The third-order valence-corrected chi connectivity index (χ3v) is 2.98. The van der Waals surface area contributed by atoms with Gasteiger partial charge in [0.05, 0.1) is 19.4 Å². The summed E-state index contributed by atoms with van der Waals surface area (Å²) in [5.41, 5.74) is 0.548. The number of furan rings is 1. The van der Waals surface area contributed by atoms with E-state index < -0.39 is 0 Å². The second kappa shape index (κ2) is 6.86. The van der Waals surface area contributed by atoms with Crippen molar-refractivity contribution in [2.45, 2.75) is 19.5 Å². The third-order valence-electron chi connectivity index (χ3n) is 2.98. The molecule has 0 aliphatic rings. The number of hydrogen-bond acceptors (Lipinski definition) is 3. The lowest BCUT2D eigenvalue weighted by atomic mass is 10.1. The number of carbonyl (C=O) groups is 1. The number of halogens is 1. The molecule has 1 aromatic heterocycles. The predicted octanol–water partition coefficient (Wildman–Crippen LogP) is 2.39. The molecule has 0 radical (unpaired) electrons. The lowest BCUT2D eigenvalue weighted by Gasteiger charge is -2.14. The van der Waals surface area contributed by atoms with Crippen LogP contribution in [0.3, 0.4) is 0 Å². The number of carbonyl (C=O) groups excluding carboxylic acids is 1. The van der Waals surface area contributed by atoms with Crippen LogP contribution in [-0.2, 0) is 11.3 Å². The van der Waals surface area contributed by atoms with E-state index in [0.717, 1.165) is 0 Å². The van der Waals surface area contributed by atoms with Gasteiger partial charge in [0.2, 0.25) is 5.91 Å². The van der Waals surface area contributed by atoms with Crippen LogP contribution < -0.4 is 10.6 Å². The highest BCUT2D eigenvalue weighted by atomic mass is 19.1. The molecule has 1 amide bonds. The van der Waals surface area contributed by atoms with E-state index in [4.69, 9.17) is 4.42 Å². The van der Waals surface area contributed by atoms with Crippen molar-refractivity contribution in [2.75, 3.05) is 6.54 Å². The quantitative estimate of drug-likeness (QED) is 0.851. The van der Waals surface area contributed by atoms with Crippen molar-refractivity contribution in [1.29, 1.82) is 0 Å². The van der Waals surface area contributed by atoms with Gasteiger partial charge in [-0.05, 0) is 25.1 Å². The molecule has 0 aliphatic carbocycles. The Morgan fingerprint density at radius 1 is 1.30 bits per heavy atom. The zero-order valence-corrected chi connectivity index (χ0v) is 11.2. The van der Waals surface area contributed by atoms with Gasteiger partial charge in [-0.1, -0.05) is 18.2 Å². The number of rotatable bonds is 6. The smallest absolute Gasteiger partial charge is 0.234 e. The van der Waals surface area contributed by atoms with Gasteiger partial charge in [-0.25, -0.2) is 4.39 Å². The lowest BCUT2D eigenvalue weighted by molar-refractivity contribution is -0.120. The first-order valence-corrected chi connectivity index (χ1v) is 6.43. The zero-order valence-electron chi connectivity index (χ0n) is 11.2. The topological polar surface area (TPSA) is 54.3 Å². The Balaban J connectivity index is 1.77. The van der Waals surface area contributed by atoms with Crippen molar-refractivity contribution in [3.63, 3.8) is 0 Å². The molecular weight excluding hydrogens is 259 g/mol. The molecule has 0 saturated heterocycles. The van der Waals surface area contributed by atoms with Gasteiger partial charge in [0.1, 0.15) is 11.6 Å². The van der Waals surface area contributed by atoms with Gasteiger partial charge < -0.3 is 15.1 Å². The molecule has 1 unspecified atom stereocenters. The molecule has 1 heterocycles. The van der Waals surface area contributed by atoms with Crippen LogP contribution in [0.4, 0.5) is 4.39 Å². The lowest BCUT2D eigenvalue weighted by Crippen LogP contribution is -2.34. The third kappa shape index (κ3) is 3.93. The van der Waals surface area contributed by atoms with Crippen LogP contribution >= 0.6 is 0 Å². The summed E-state index contributed by atoms with van der Waals surface area (Å²) < 4.78 is 18.7. The van der Waals surface area contributed by atoms with Gasteiger partial charge in [0.15, 0.2) is 0 Å². The highest BCUT2D eigenvalue weighted by molar-refractivity contribution is 5.77. The van der Waals surface area contributed by atoms with Crippen molar-refractivity contribution in [1.82, 2.24) is 10.6 Å². The van der Waals surface area contributed by atoms with Crippen LogP contribution in [-0.4, -0.2) is 12.5 Å². The molecular formula is C15H17FN2O2. The predicted molar refractivity (Wildman–Crippen MR) is 73.4 cm³/mol. The van der Waals surface area contributed by atoms with E-state index in [1.54, 1.807) is 36.6 Å². The summed E-state index contributed by atoms with van der Waals surface area (Å²) >= 11 is 0. The molecule has 5 heteroatoms. The standard InChI is InChI=1S/C15H17FN2O2/c1-11(13-6-2-3-7-14(13)16)17-10-15(19)18-9-12-5-4-8-20-12/h2-8,11,17H,9-10H2,1H3,(H,18,19). The van der Waals surface area contributed by atoms with Gasteiger partial charge in [-0.15, -0.1) is 0 Å². The van der Waals surface area contributed by atoms with Crippen molar-refractivity contribution in [3.05, 3.63) is 59.8 Å². The molecule has 2 rings (SSSR count). The van der Waals surface area contributed by atoms with Crippen molar-refractivity contribution < 1.29 is 13.6 Å². The van der Waals surface area contributed by atoms with E-state index in [2.05, 4.69) is 10.6 Å². The van der Waals surface area contributed by atoms with E-state index in [9.17, 15) is 9.18 Å². The van der Waals surface area contributed by atoms with Crippen LogP contribution in [0, 0.1) is 5.82 Å². The first-order valence-electron chi connectivity index (χ1n) is 6.43. The minimum absolute atomic E-state index is 0.121. The maximum absolute atomic E-state index is 13.5. The van der Waals surface area contributed by atoms with Gasteiger partial charge >= 0.3 is 0 Å². The van der Waals surface area contributed by atoms with Gasteiger partial charge in [-0.3, -0.25) is 4.79 Å². The van der Waals surface area contributed by atoms with E-state index >= 15 is 0 Å². The van der Waals surface area contributed by atoms with E-state index in [0.29, 0.717) is 17.9 Å². The second-order valence-corrected chi connectivity index (χ2v) is 4.48. The van der Waals surface area contributed by atoms with E-state index in [-0.39, 0.29) is 24.3 Å². The molecule has 0 bridgehead atoms. The van der Waals surface area contributed by atoms with Crippen LogP contribution in [0.2, 0.25) is 0 Å². The Labute approximate surface area is 117 Å². The summed E-state index contributed by atoms with van der Waals surface area (Å²) in [5.74, 6) is 0.258. The van der Waals surface area contributed by atoms with Gasteiger partial charge in [0.25, 0.3) is 0 Å². The summed E-state index contributed by atoms with van der Waals surface area (Å²) in [5, 5.41) is 5.70. The highest BCUT2D eigenvalue weighted by Crippen LogP contribution is 2.15. The largest absolute Gasteiger partial charge is 0.467 e. The number of hydrogen-bond donors (Lipinski definition) is 2. The summed E-state index contributed by atoms with van der Waals surface area (Å²) in [6.45, 7) is 2.29. The molecule has 1 aromatic carbocycles. The van der Waals surface area contributed by atoms with Gasteiger partial charge in [0, 0.05) is 11.6 Å². The maximum atomic E-state index is 13.5. The van der Waals surface area contributed by atoms with Crippen LogP contribution in [0.1, 0.15) is 24.3 Å². The van der Waals surface area contributed by atoms with Crippen LogP contribution in [0.25, 0.3) is 0 Å². The zero-order chi connectivity index (χ0) is 14.4. The molecule has 4 nitrogen and oxygen atoms in total. The average Bonchev–Trinajstić information content (AvgIpc) is 2.96. The monoisotopic (exact) mass is 276 g/mol. The number of nitrogens with one attached hydrogen (secondary N) is 2. The van der Waals surface area contributed by atoms with Crippen molar-refractivity contribution in [2.24, 2.45) is 0 Å².